The molecule has 1 fully saturated rings. The van der Waals surface area contributed by atoms with Gasteiger partial charge in [0.25, 0.3) is 0 Å². The van der Waals surface area contributed by atoms with Crippen molar-refractivity contribution in [3.05, 3.63) is 33.5 Å². The first-order valence-electron chi connectivity index (χ1n) is 7.52. The molecule has 0 aromatic heterocycles. The Morgan fingerprint density at radius 1 is 1.24 bits per heavy atom. The van der Waals surface area contributed by atoms with Crippen molar-refractivity contribution < 1.29 is 14.3 Å². The molecule has 2 aliphatic rings. The van der Waals surface area contributed by atoms with Crippen LogP contribution in [0.25, 0.3) is 0 Å². The molecule has 0 heterocycles. The summed E-state index contributed by atoms with van der Waals surface area (Å²) in [6.07, 6.45) is 5.18. The summed E-state index contributed by atoms with van der Waals surface area (Å²) in [5.41, 5.74) is 2.26. The molecule has 1 unspecified atom stereocenters. The van der Waals surface area contributed by atoms with E-state index in [1.807, 2.05) is 6.07 Å². The van der Waals surface area contributed by atoms with Crippen LogP contribution in [0.4, 0.5) is 4.39 Å². The topological polar surface area (TPSA) is 49.3 Å². The molecular weight excluding hydrogens is 337 g/mol. The van der Waals surface area contributed by atoms with Gasteiger partial charge >= 0.3 is 5.97 Å². The predicted octanol–water partition coefficient (Wildman–Crippen LogP) is 3.81. The van der Waals surface area contributed by atoms with Gasteiger partial charge in [-0.15, -0.1) is 0 Å². The van der Waals surface area contributed by atoms with Gasteiger partial charge in [-0.05, 0) is 71.6 Å². The molecule has 0 saturated heterocycles. The number of hydrogen-bond donors (Lipinski definition) is 2. The lowest BCUT2D eigenvalue weighted by Crippen LogP contribution is -2.36. The zero-order valence-corrected chi connectivity index (χ0v) is 13.3. The lowest BCUT2D eigenvalue weighted by Gasteiger charge is -2.29. The fourth-order valence-corrected chi connectivity index (χ4v) is 4.16. The molecular formula is C16H19BrFNO2. The number of hydrogen-bond acceptors (Lipinski definition) is 2. The Morgan fingerprint density at radius 2 is 1.95 bits per heavy atom. The Bertz CT molecular complexity index is 555. The highest BCUT2D eigenvalue weighted by molar-refractivity contribution is 9.10. The van der Waals surface area contributed by atoms with Crippen LogP contribution in [0.5, 0.6) is 0 Å². The van der Waals surface area contributed by atoms with Crippen molar-refractivity contribution in [1.82, 2.24) is 5.32 Å². The first-order chi connectivity index (χ1) is 10.1. The number of nitrogens with one attached hydrogen (secondary N) is 1. The van der Waals surface area contributed by atoms with Crippen molar-refractivity contribution >= 4 is 21.9 Å². The number of rotatable bonds is 3. The Labute approximate surface area is 132 Å². The first kappa shape index (κ1) is 15.0. The van der Waals surface area contributed by atoms with Crippen molar-refractivity contribution in [2.45, 2.75) is 50.6 Å². The number of aliphatic carboxylic acids is 1. The summed E-state index contributed by atoms with van der Waals surface area (Å²) < 4.78 is 14.2. The maximum absolute atomic E-state index is 13.6. The monoisotopic (exact) mass is 355 g/mol. The summed E-state index contributed by atoms with van der Waals surface area (Å²) in [4.78, 5) is 11.0. The molecule has 0 amide bonds. The Kier molecular flexibility index (Phi) is 4.31. The minimum Gasteiger partial charge on any atom is -0.481 e. The maximum Gasteiger partial charge on any atom is 0.306 e. The van der Waals surface area contributed by atoms with Gasteiger partial charge in [0, 0.05) is 12.1 Å². The third-order valence-corrected chi connectivity index (χ3v) is 5.66. The average Bonchev–Trinajstić information content (AvgIpc) is 2.87. The van der Waals surface area contributed by atoms with E-state index in [4.69, 9.17) is 5.11 Å². The summed E-state index contributed by atoms with van der Waals surface area (Å²) in [6.45, 7) is 0. The summed E-state index contributed by atoms with van der Waals surface area (Å²) in [6, 6.07) is 4.04. The molecule has 3 rings (SSSR count). The Balaban J connectivity index is 1.64. The predicted molar refractivity (Wildman–Crippen MR) is 81.7 cm³/mol. The Morgan fingerprint density at radius 3 is 2.62 bits per heavy atom. The van der Waals surface area contributed by atoms with Gasteiger partial charge in [0.1, 0.15) is 5.82 Å². The highest BCUT2D eigenvalue weighted by Gasteiger charge is 2.30. The van der Waals surface area contributed by atoms with Gasteiger partial charge in [-0.25, -0.2) is 4.39 Å². The molecule has 1 aromatic rings. The third kappa shape index (κ3) is 2.99. The van der Waals surface area contributed by atoms with Crippen LogP contribution in [0, 0.1) is 11.7 Å². The molecule has 5 heteroatoms. The lowest BCUT2D eigenvalue weighted by atomic mass is 9.85. The quantitative estimate of drug-likeness (QED) is 0.866. The first-order valence-corrected chi connectivity index (χ1v) is 8.31. The van der Waals surface area contributed by atoms with E-state index in [0.717, 1.165) is 44.1 Å². The number of fused-ring (bicyclic) bond motifs is 1. The highest BCUT2D eigenvalue weighted by Crippen LogP contribution is 2.38. The molecule has 2 N–H and O–H groups in total. The molecule has 0 radical (unpaired) electrons. The van der Waals surface area contributed by atoms with Crippen LogP contribution in [-0.4, -0.2) is 17.1 Å². The maximum atomic E-state index is 13.6. The standard InChI is InChI=1S/C16H19BrFNO2/c17-15-12-6-8-14(11(12)5-7-13(15)18)19-10-3-1-9(2-4-10)16(20)21/h5,7,9-10,14,19H,1-4,6,8H2,(H,20,21). The van der Waals surface area contributed by atoms with E-state index in [0.29, 0.717) is 10.5 Å². The van der Waals surface area contributed by atoms with Crippen LogP contribution in [0.15, 0.2) is 16.6 Å². The van der Waals surface area contributed by atoms with Gasteiger partial charge in [-0.1, -0.05) is 6.07 Å². The van der Waals surface area contributed by atoms with Crippen LogP contribution >= 0.6 is 15.9 Å². The zero-order valence-electron chi connectivity index (χ0n) is 11.7. The van der Waals surface area contributed by atoms with E-state index < -0.39 is 5.97 Å². The van der Waals surface area contributed by atoms with Crippen molar-refractivity contribution in [3.63, 3.8) is 0 Å². The average molecular weight is 356 g/mol. The van der Waals surface area contributed by atoms with E-state index in [-0.39, 0.29) is 17.8 Å². The van der Waals surface area contributed by atoms with Crippen molar-refractivity contribution in [1.29, 1.82) is 0 Å². The molecule has 21 heavy (non-hydrogen) atoms. The van der Waals surface area contributed by atoms with E-state index in [2.05, 4.69) is 21.2 Å². The largest absolute Gasteiger partial charge is 0.481 e. The van der Waals surface area contributed by atoms with E-state index in [1.165, 1.54) is 11.6 Å². The molecule has 2 aliphatic carbocycles. The molecule has 0 bridgehead atoms. The summed E-state index contributed by atoms with van der Waals surface area (Å²) >= 11 is 3.34. The fraction of sp³-hybridized carbons (Fsp3) is 0.562. The fourth-order valence-electron chi connectivity index (χ4n) is 3.60. The minimum absolute atomic E-state index is 0.179. The molecule has 1 aromatic carbocycles. The van der Waals surface area contributed by atoms with E-state index in [1.54, 1.807) is 0 Å². The van der Waals surface area contributed by atoms with Crippen molar-refractivity contribution in [2.24, 2.45) is 5.92 Å². The molecule has 114 valence electrons. The molecule has 0 aliphatic heterocycles. The van der Waals surface area contributed by atoms with E-state index in [9.17, 15) is 9.18 Å². The number of carboxylic acids is 1. The molecule has 1 atom stereocenters. The minimum atomic E-state index is -0.668. The van der Waals surface area contributed by atoms with Crippen LogP contribution in [0.1, 0.15) is 49.3 Å². The number of carbonyl (C=O) groups is 1. The van der Waals surface area contributed by atoms with Gasteiger partial charge in [-0.3, -0.25) is 4.79 Å². The number of benzene rings is 1. The number of halogens is 2. The smallest absolute Gasteiger partial charge is 0.306 e. The van der Waals surface area contributed by atoms with Gasteiger partial charge in [-0.2, -0.15) is 0 Å². The molecule has 0 spiro atoms. The van der Waals surface area contributed by atoms with Gasteiger partial charge in [0.2, 0.25) is 0 Å². The van der Waals surface area contributed by atoms with Gasteiger partial charge < -0.3 is 10.4 Å². The lowest BCUT2D eigenvalue weighted by molar-refractivity contribution is -0.142. The normalized spacial score (nSPS) is 28.4. The third-order valence-electron chi connectivity index (χ3n) is 4.80. The SMILES string of the molecule is O=C(O)C1CCC(NC2CCc3c2ccc(F)c3Br)CC1. The summed E-state index contributed by atoms with van der Waals surface area (Å²) in [7, 11) is 0. The van der Waals surface area contributed by atoms with Gasteiger partial charge in [0.15, 0.2) is 0 Å². The van der Waals surface area contributed by atoms with Crippen LogP contribution in [0.3, 0.4) is 0 Å². The van der Waals surface area contributed by atoms with Crippen molar-refractivity contribution in [3.8, 4) is 0 Å². The molecule has 1 saturated carbocycles. The zero-order chi connectivity index (χ0) is 15.0. The van der Waals surface area contributed by atoms with Gasteiger partial charge in [0.05, 0.1) is 10.4 Å². The van der Waals surface area contributed by atoms with Crippen molar-refractivity contribution in [2.75, 3.05) is 0 Å². The summed E-state index contributed by atoms with van der Waals surface area (Å²) in [5.74, 6) is -1.04. The van der Waals surface area contributed by atoms with Crippen LogP contribution < -0.4 is 5.32 Å². The second kappa shape index (κ2) is 6.05. The van der Waals surface area contributed by atoms with E-state index >= 15 is 0 Å². The number of carboxylic acid groups (broad SMARTS) is 1. The van der Waals surface area contributed by atoms with Crippen LogP contribution in [0.2, 0.25) is 0 Å². The molecule has 3 nitrogen and oxygen atoms in total. The summed E-state index contributed by atoms with van der Waals surface area (Å²) in [5, 5.41) is 12.7. The second-order valence-corrected chi connectivity index (χ2v) is 6.87. The second-order valence-electron chi connectivity index (χ2n) is 6.07. The Hall–Kier alpha value is -0.940. The van der Waals surface area contributed by atoms with Crippen LogP contribution in [-0.2, 0) is 11.2 Å². The highest BCUT2D eigenvalue weighted by atomic mass is 79.9.